The second-order valence-corrected chi connectivity index (χ2v) is 5.13. The van der Waals surface area contributed by atoms with Crippen LogP contribution in [0.2, 0.25) is 0 Å². The van der Waals surface area contributed by atoms with Crippen molar-refractivity contribution in [3.8, 4) is 0 Å². The highest BCUT2D eigenvalue weighted by molar-refractivity contribution is 8.13. The van der Waals surface area contributed by atoms with Gasteiger partial charge >= 0.3 is 0 Å². The molecular weight excluding hydrogens is 216 g/mol. The van der Waals surface area contributed by atoms with Gasteiger partial charge in [-0.25, -0.2) is 8.42 Å². The van der Waals surface area contributed by atoms with Gasteiger partial charge in [0.15, 0.2) is 0 Å². The normalized spacial score (nSPS) is 11.5. The number of halogens is 1. The maximum atomic E-state index is 10.8. The molecule has 2 nitrogen and oxygen atoms in total. The van der Waals surface area contributed by atoms with Crippen molar-refractivity contribution in [1.82, 2.24) is 0 Å². The van der Waals surface area contributed by atoms with E-state index in [9.17, 15) is 8.42 Å². The Morgan fingerprint density at radius 3 is 2.58 bits per heavy atom. The molecule has 0 aromatic heterocycles. The van der Waals surface area contributed by atoms with Crippen LogP contribution in [0.5, 0.6) is 0 Å². The summed E-state index contributed by atoms with van der Waals surface area (Å²) >= 11 is 4.02. The van der Waals surface area contributed by atoms with Crippen molar-refractivity contribution in [1.29, 1.82) is 0 Å². The number of hydrogen-bond donors (Lipinski definition) is 1. The number of benzene rings is 1. The molecule has 12 heavy (non-hydrogen) atoms. The van der Waals surface area contributed by atoms with E-state index >= 15 is 0 Å². The van der Waals surface area contributed by atoms with E-state index in [4.69, 9.17) is 10.7 Å². The van der Waals surface area contributed by atoms with Crippen LogP contribution in [0.25, 0.3) is 0 Å². The molecule has 0 fully saturated rings. The maximum Gasteiger partial charge on any atom is 0.261 e. The molecule has 0 aliphatic carbocycles. The van der Waals surface area contributed by atoms with Crippen LogP contribution < -0.4 is 0 Å². The molecule has 1 rings (SSSR count). The van der Waals surface area contributed by atoms with Crippen LogP contribution in [-0.2, 0) is 14.8 Å². The molecule has 1 aromatic rings. The molecule has 0 atom stereocenters. The molecule has 0 saturated heterocycles. The van der Waals surface area contributed by atoms with Gasteiger partial charge in [-0.1, -0.05) is 12.1 Å². The first-order valence-corrected chi connectivity index (χ1v) is 6.12. The smallest absolute Gasteiger partial charge is 0.207 e. The van der Waals surface area contributed by atoms with E-state index in [0.717, 1.165) is 5.56 Å². The molecule has 0 heterocycles. The van der Waals surface area contributed by atoms with Gasteiger partial charge in [0.1, 0.15) is 0 Å². The molecule has 0 amide bonds. The first-order valence-electron chi connectivity index (χ1n) is 3.18. The third-order valence-corrected chi connectivity index (χ3v) is 3.08. The van der Waals surface area contributed by atoms with Crippen molar-refractivity contribution < 1.29 is 8.42 Å². The molecule has 0 spiro atoms. The highest BCUT2D eigenvalue weighted by Crippen LogP contribution is 2.16. The Hall–Kier alpha value is -0.190. The van der Waals surface area contributed by atoms with Crippen molar-refractivity contribution in [2.24, 2.45) is 0 Å². The van der Waals surface area contributed by atoms with Crippen LogP contribution in [0, 0.1) is 0 Å². The van der Waals surface area contributed by atoms with Gasteiger partial charge in [-0.05, 0) is 17.7 Å². The van der Waals surface area contributed by atoms with Crippen LogP contribution in [0.1, 0.15) is 5.56 Å². The summed E-state index contributed by atoms with van der Waals surface area (Å²) in [4.78, 5) is 0.121. The fraction of sp³-hybridized carbons (Fsp3) is 0.143. The van der Waals surface area contributed by atoms with Crippen LogP contribution in [0.15, 0.2) is 29.2 Å². The Morgan fingerprint density at radius 1 is 1.42 bits per heavy atom. The van der Waals surface area contributed by atoms with Crippen LogP contribution in [0.4, 0.5) is 0 Å². The van der Waals surface area contributed by atoms with Crippen LogP contribution >= 0.6 is 23.3 Å². The monoisotopic (exact) mass is 222 g/mol. The van der Waals surface area contributed by atoms with Gasteiger partial charge < -0.3 is 0 Å². The first-order chi connectivity index (χ1) is 5.54. The van der Waals surface area contributed by atoms with E-state index in [0.29, 0.717) is 5.75 Å². The van der Waals surface area contributed by atoms with Crippen LogP contribution in [-0.4, -0.2) is 8.42 Å². The van der Waals surface area contributed by atoms with E-state index in [1.54, 1.807) is 12.1 Å². The second kappa shape index (κ2) is 3.68. The average molecular weight is 223 g/mol. The summed E-state index contributed by atoms with van der Waals surface area (Å²) in [5.74, 6) is 0.500. The lowest BCUT2D eigenvalue weighted by atomic mass is 10.2. The fourth-order valence-corrected chi connectivity index (χ4v) is 1.81. The molecule has 0 aliphatic rings. The summed E-state index contributed by atoms with van der Waals surface area (Å²) in [5, 5.41) is 0. The lowest BCUT2D eigenvalue weighted by molar-refractivity contribution is 0.609. The summed E-state index contributed by atoms with van der Waals surface area (Å²) in [7, 11) is 1.54. The predicted octanol–water partition coefficient (Wildman–Crippen LogP) is 2.04. The lowest BCUT2D eigenvalue weighted by Crippen LogP contribution is -1.91. The van der Waals surface area contributed by atoms with Gasteiger partial charge in [-0.15, -0.1) is 0 Å². The standard InChI is InChI=1S/C7H7ClO2S2/c8-12(9,10)7-3-1-2-6(4-7)5-11/h1-4,11H,5H2. The number of hydrogen-bond acceptors (Lipinski definition) is 3. The van der Waals surface area contributed by atoms with E-state index < -0.39 is 9.05 Å². The zero-order valence-corrected chi connectivity index (χ0v) is 8.53. The number of rotatable bonds is 2. The minimum Gasteiger partial charge on any atom is -0.207 e. The molecule has 0 radical (unpaired) electrons. The SMILES string of the molecule is O=S(=O)(Cl)c1cccc(CS)c1. The van der Waals surface area contributed by atoms with Gasteiger partial charge in [-0.3, -0.25) is 0 Å². The van der Waals surface area contributed by atoms with Crippen LogP contribution in [0.3, 0.4) is 0 Å². The Labute approximate surface area is 81.4 Å². The summed E-state index contributed by atoms with van der Waals surface area (Å²) in [5.41, 5.74) is 0.833. The second-order valence-electron chi connectivity index (χ2n) is 2.24. The summed E-state index contributed by atoms with van der Waals surface area (Å²) in [6.45, 7) is 0. The summed E-state index contributed by atoms with van der Waals surface area (Å²) in [6.07, 6.45) is 0. The van der Waals surface area contributed by atoms with Gasteiger partial charge in [0.05, 0.1) is 4.90 Å². The molecule has 0 bridgehead atoms. The van der Waals surface area contributed by atoms with Crippen molar-refractivity contribution in [3.63, 3.8) is 0 Å². The fourth-order valence-electron chi connectivity index (χ4n) is 0.796. The van der Waals surface area contributed by atoms with E-state index in [1.807, 2.05) is 0 Å². The Balaban J connectivity index is 3.20. The first kappa shape index (κ1) is 9.89. The zero-order valence-electron chi connectivity index (χ0n) is 6.07. The van der Waals surface area contributed by atoms with Crippen molar-refractivity contribution >= 4 is 32.4 Å². The van der Waals surface area contributed by atoms with E-state index in [1.165, 1.54) is 12.1 Å². The van der Waals surface area contributed by atoms with Crippen molar-refractivity contribution in [2.45, 2.75) is 10.6 Å². The number of thiol groups is 1. The summed E-state index contributed by atoms with van der Waals surface area (Å²) in [6, 6.07) is 6.39. The molecule has 0 N–H and O–H groups in total. The van der Waals surface area contributed by atoms with E-state index in [2.05, 4.69) is 12.6 Å². The minimum atomic E-state index is -3.60. The van der Waals surface area contributed by atoms with Gasteiger partial charge in [-0.2, -0.15) is 12.6 Å². The molecule has 66 valence electrons. The Kier molecular flexibility index (Phi) is 3.04. The van der Waals surface area contributed by atoms with Gasteiger partial charge in [0.25, 0.3) is 9.05 Å². The molecule has 0 saturated carbocycles. The maximum absolute atomic E-state index is 10.8. The van der Waals surface area contributed by atoms with Crippen molar-refractivity contribution in [3.05, 3.63) is 29.8 Å². The molecule has 0 aliphatic heterocycles. The zero-order chi connectivity index (χ0) is 9.19. The third-order valence-electron chi connectivity index (χ3n) is 1.36. The molecular formula is C7H7ClO2S2. The molecule has 5 heteroatoms. The predicted molar refractivity (Wildman–Crippen MR) is 52.2 cm³/mol. The summed E-state index contributed by atoms with van der Waals surface area (Å²) < 4.78 is 21.7. The lowest BCUT2D eigenvalue weighted by Gasteiger charge is -1.98. The van der Waals surface area contributed by atoms with Gasteiger partial charge in [0.2, 0.25) is 0 Å². The Morgan fingerprint density at radius 2 is 2.08 bits per heavy atom. The average Bonchev–Trinajstić information content (AvgIpc) is 2.03. The van der Waals surface area contributed by atoms with Gasteiger partial charge in [0, 0.05) is 16.4 Å². The van der Waals surface area contributed by atoms with Crippen molar-refractivity contribution in [2.75, 3.05) is 0 Å². The highest BCUT2D eigenvalue weighted by atomic mass is 35.7. The largest absolute Gasteiger partial charge is 0.261 e. The Bertz CT molecular complexity index is 373. The highest BCUT2D eigenvalue weighted by Gasteiger charge is 2.08. The van der Waals surface area contributed by atoms with E-state index in [-0.39, 0.29) is 4.90 Å². The molecule has 1 aromatic carbocycles. The third kappa shape index (κ3) is 2.40. The minimum absolute atomic E-state index is 0.121. The molecule has 0 unspecified atom stereocenters. The quantitative estimate of drug-likeness (QED) is 0.614. The topological polar surface area (TPSA) is 34.1 Å².